The number of amides is 4. The van der Waals surface area contributed by atoms with E-state index in [1.54, 1.807) is 23.3 Å². The zero-order valence-corrected chi connectivity index (χ0v) is 42.3. The van der Waals surface area contributed by atoms with Crippen LogP contribution in [-0.2, 0) is 25.7 Å². The van der Waals surface area contributed by atoms with Gasteiger partial charge in [-0.25, -0.2) is 4.98 Å². The van der Waals surface area contributed by atoms with Crippen molar-refractivity contribution < 1.29 is 29.0 Å². The number of aromatic nitrogens is 1. The maximum absolute atomic E-state index is 14.0. The van der Waals surface area contributed by atoms with Crippen molar-refractivity contribution in [2.24, 2.45) is 5.41 Å². The molecule has 69 heavy (non-hydrogen) atoms. The van der Waals surface area contributed by atoms with Gasteiger partial charge in [-0.15, -0.1) is 22.9 Å². The van der Waals surface area contributed by atoms with Gasteiger partial charge in [0.25, 0.3) is 0 Å². The minimum Gasteiger partial charge on any atom is -0.492 e. The quantitative estimate of drug-likeness (QED) is 0.0336. The maximum Gasteiger partial charge on any atom is 0.246 e. The summed E-state index contributed by atoms with van der Waals surface area (Å²) in [5.74, 6) is 0.348. The normalized spacial score (nSPS) is 15.6. The lowest BCUT2D eigenvalue weighted by Gasteiger charge is -2.35. The Morgan fingerprint density at radius 1 is 0.841 bits per heavy atom. The molecule has 1 fully saturated rings. The van der Waals surface area contributed by atoms with E-state index in [9.17, 15) is 24.3 Å². The van der Waals surface area contributed by atoms with Gasteiger partial charge in [-0.1, -0.05) is 137 Å². The Morgan fingerprint density at radius 2 is 1.46 bits per heavy atom. The number of aryl methyl sites for hydroxylation is 1. The van der Waals surface area contributed by atoms with Crippen LogP contribution in [0, 0.1) is 12.3 Å². The van der Waals surface area contributed by atoms with Gasteiger partial charge >= 0.3 is 0 Å². The number of ether oxygens (including phenoxy) is 1. The number of aliphatic hydroxyl groups excluding tert-OH is 1. The molecule has 4 amide bonds. The number of likely N-dealkylation sites (N-methyl/N-ethyl adjacent to an activating group) is 1. The molecule has 1 aliphatic heterocycles. The Labute approximate surface area is 417 Å². The maximum atomic E-state index is 14.0. The van der Waals surface area contributed by atoms with E-state index in [1.165, 1.54) is 10.5 Å². The van der Waals surface area contributed by atoms with Gasteiger partial charge in [0.1, 0.15) is 24.4 Å². The molecule has 11 nitrogen and oxygen atoms in total. The lowest BCUT2D eigenvalue weighted by Crippen LogP contribution is -2.57. The molecule has 1 saturated heterocycles. The number of benzene rings is 4. The average molecular weight is 975 g/mol. The number of rotatable bonds is 23. The third kappa shape index (κ3) is 15.1. The van der Waals surface area contributed by atoms with Crippen molar-refractivity contribution in [3.05, 3.63) is 143 Å². The predicted molar refractivity (Wildman–Crippen MR) is 278 cm³/mol. The van der Waals surface area contributed by atoms with E-state index in [0.717, 1.165) is 81.8 Å². The standard InChI is InChI=1S/C56H68ClN5O6S/c1-39-52(69-38-59-39)44-25-23-40(24-26-44)36-58-54(66)48-35-45(63)37-62(48)55(67)53(56(2,3)4)60-49(64)21-15-7-6-8-16-22-50(65)61(5)33-34-68-46-29-27-43(28-30-46)51(42-19-13-10-14-20-42)47(31-32-57)41-17-11-9-12-18-41/h9-14,17-20,23-30,38,45,48,53,63H,6-8,15-16,21-22,31-37H2,1-5H3,(H,58,66)(H,60,64)/b51-47-/t45-,48+,53?/m1/s1. The molecule has 0 bridgehead atoms. The van der Waals surface area contributed by atoms with Crippen LogP contribution in [0.5, 0.6) is 5.75 Å². The van der Waals surface area contributed by atoms with E-state index >= 15 is 0 Å². The molecule has 0 saturated carbocycles. The SMILES string of the molecule is Cc1ncsc1-c1ccc(CNC(=O)[C@@H]2C[C@@H](O)CN2C(=O)C(NC(=O)CCCCCCCC(=O)N(C)CCOc2ccc(/C(=C(/CCCl)c3ccccc3)c3ccccc3)cc2)C(C)(C)C)cc1. The molecule has 4 aromatic carbocycles. The van der Waals surface area contributed by atoms with Gasteiger partial charge < -0.3 is 30.3 Å². The first kappa shape index (κ1) is 52.5. The fourth-order valence-electron chi connectivity index (χ4n) is 8.71. The number of halogens is 1. The van der Waals surface area contributed by atoms with Crippen LogP contribution in [0.4, 0.5) is 0 Å². The van der Waals surface area contributed by atoms with Crippen LogP contribution < -0.4 is 15.4 Å². The molecular weight excluding hydrogens is 906 g/mol. The fraction of sp³-hybridized carbons (Fsp3) is 0.411. The number of unbranched alkanes of at least 4 members (excludes halogenated alkanes) is 4. The second-order valence-electron chi connectivity index (χ2n) is 18.9. The molecule has 1 unspecified atom stereocenters. The third-order valence-corrected chi connectivity index (χ3v) is 13.8. The first-order valence-corrected chi connectivity index (χ1v) is 25.6. The van der Waals surface area contributed by atoms with Crippen LogP contribution >= 0.6 is 22.9 Å². The second-order valence-corrected chi connectivity index (χ2v) is 20.2. The number of hydrogen-bond donors (Lipinski definition) is 3. The Morgan fingerprint density at radius 3 is 2.09 bits per heavy atom. The van der Waals surface area contributed by atoms with Crippen LogP contribution in [-0.4, -0.2) is 94.3 Å². The summed E-state index contributed by atoms with van der Waals surface area (Å²) in [6.45, 7) is 8.74. The van der Waals surface area contributed by atoms with Crippen molar-refractivity contribution in [3.8, 4) is 16.2 Å². The molecule has 2 heterocycles. The highest BCUT2D eigenvalue weighted by Gasteiger charge is 2.44. The molecule has 1 aliphatic rings. The predicted octanol–water partition coefficient (Wildman–Crippen LogP) is 10.1. The van der Waals surface area contributed by atoms with Crippen molar-refractivity contribution in [3.63, 3.8) is 0 Å². The van der Waals surface area contributed by atoms with Gasteiger partial charge in [-0.2, -0.15) is 0 Å². The summed E-state index contributed by atoms with van der Waals surface area (Å²) in [7, 11) is 1.80. The number of aliphatic hydroxyl groups is 1. The summed E-state index contributed by atoms with van der Waals surface area (Å²) in [6.07, 6.45) is 4.65. The van der Waals surface area contributed by atoms with E-state index in [4.69, 9.17) is 16.3 Å². The number of alkyl halides is 1. The summed E-state index contributed by atoms with van der Waals surface area (Å²) in [6, 6.07) is 35.0. The number of nitrogens with one attached hydrogen (secondary N) is 2. The Hall–Kier alpha value is -5.82. The van der Waals surface area contributed by atoms with Crippen molar-refractivity contribution in [2.75, 3.05) is 32.6 Å². The van der Waals surface area contributed by atoms with Crippen molar-refractivity contribution in [1.29, 1.82) is 0 Å². The number of nitrogens with zero attached hydrogens (tertiary/aromatic N) is 3. The molecule has 5 aromatic rings. The molecule has 13 heteroatoms. The summed E-state index contributed by atoms with van der Waals surface area (Å²) in [5, 5.41) is 16.5. The molecular formula is C56H68ClN5O6S. The monoisotopic (exact) mass is 973 g/mol. The van der Waals surface area contributed by atoms with E-state index in [-0.39, 0.29) is 49.6 Å². The summed E-state index contributed by atoms with van der Waals surface area (Å²) >= 11 is 7.91. The molecule has 6 rings (SSSR count). The van der Waals surface area contributed by atoms with Crippen molar-refractivity contribution in [2.45, 2.75) is 110 Å². The molecule has 1 aromatic heterocycles. The average Bonchev–Trinajstić information content (AvgIpc) is 3.97. The zero-order chi connectivity index (χ0) is 49.3. The highest BCUT2D eigenvalue weighted by molar-refractivity contribution is 7.13. The lowest BCUT2D eigenvalue weighted by molar-refractivity contribution is -0.144. The van der Waals surface area contributed by atoms with Crippen molar-refractivity contribution in [1.82, 2.24) is 25.4 Å². The number of carbonyl (C=O) groups excluding carboxylic acids is 4. The Kier molecular flexibility index (Phi) is 19.6. The van der Waals surface area contributed by atoms with Gasteiger partial charge in [0.2, 0.25) is 23.6 Å². The van der Waals surface area contributed by atoms with Gasteiger partial charge in [-0.3, -0.25) is 19.2 Å². The molecule has 0 spiro atoms. The fourth-order valence-corrected chi connectivity index (χ4v) is 9.71. The number of likely N-dealkylation sites (tertiary alicyclic amines) is 1. The van der Waals surface area contributed by atoms with Crippen LogP contribution in [0.3, 0.4) is 0 Å². The van der Waals surface area contributed by atoms with Gasteiger partial charge in [0.05, 0.1) is 28.7 Å². The zero-order valence-electron chi connectivity index (χ0n) is 40.7. The lowest BCUT2D eigenvalue weighted by atomic mass is 9.85. The number of hydrogen-bond acceptors (Lipinski definition) is 8. The highest BCUT2D eigenvalue weighted by atomic mass is 35.5. The number of β-amino-alcohol motifs (C(OH)–C–C–N with tert-alkyl or cyclic N) is 1. The van der Waals surface area contributed by atoms with E-state index in [2.05, 4.69) is 52.0 Å². The Balaban J connectivity index is 0.887. The first-order valence-electron chi connectivity index (χ1n) is 24.2. The van der Waals surface area contributed by atoms with E-state index in [0.29, 0.717) is 31.9 Å². The van der Waals surface area contributed by atoms with Crippen LogP contribution in [0.1, 0.15) is 107 Å². The second kappa shape index (κ2) is 25.7. The topological polar surface area (TPSA) is 141 Å². The summed E-state index contributed by atoms with van der Waals surface area (Å²) in [5.41, 5.74) is 9.78. The molecule has 0 radical (unpaired) electrons. The largest absolute Gasteiger partial charge is 0.492 e. The van der Waals surface area contributed by atoms with Crippen LogP contribution in [0.2, 0.25) is 0 Å². The summed E-state index contributed by atoms with van der Waals surface area (Å²) in [4.78, 5) is 62.2. The number of carbonyl (C=O) groups is 4. The Bertz CT molecular complexity index is 2470. The van der Waals surface area contributed by atoms with Gasteiger partial charge in [0, 0.05) is 45.3 Å². The van der Waals surface area contributed by atoms with Gasteiger partial charge in [-0.05, 0) is 82.7 Å². The number of thiazole rings is 1. The molecule has 3 N–H and O–H groups in total. The van der Waals surface area contributed by atoms with E-state index in [1.807, 2.05) is 106 Å². The molecule has 0 aliphatic carbocycles. The minimum atomic E-state index is -0.877. The van der Waals surface area contributed by atoms with Crippen molar-refractivity contribution >= 4 is 57.7 Å². The van der Waals surface area contributed by atoms with Crippen LogP contribution in [0.15, 0.2) is 115 Å². The van der Waals surface area contributed by atoms with Crippen LogP contribution in [0.25, 0.3) is 21.6 Å². The highest BCUT2D eigenvalue weighted by Crippen LogP contribution is 2.36. The molecule has 3 atom stereocenters. The minimum absolute atomic E-state index is 0.0185. The third-order valence-electron chi connectivity index (χ3n) is 12.6. The summed E-state index contributed by atoms with van der Waals surface area (Å²) < 4.78 is 6.07. The molecule has 366 valence electrons. The van der Waals surface area contributed by atoms with E-state index < -0.39 is 23.6 Å². The smallest absolute Gasteiger partial charge is 0.246 e. The number of allylic oxidation sites excluding steroid dienone is 1. The van der Waals surface area contributed by atoms with Gasteiger partial charge in [0.15, 0.2) is 0 Å². The first-order chi connectivity index (χ1) is 33.2.